The average molecular weight is 300 g/mol. The van der Waals surface area contributed by atoms with Crippen LogP contribution in [0.25, 0.3) is 0 Å². The second-order valence-corrected chi connectivity index (χ2v) is 5.63. The van der Waals surface area contributed by atoms with Crippen molar-refractivity contribution in [2.45, 2.75) is 25.9 Å². The third kappa shape index (κ3) is 3.51. The monoisotopic (exact) mass is 300 g/mol. The quantitative estimate of drug-likeness (QED) is 0.893. The van der Waals surface area contributed by atoms with Crippen LogP contribution in [0.4, 0.5) is 0 Å². The van der Waals surface area contributed by atoms with Crippen molar-refractivity contribution in [1.29, 1.82) is 0 Å². The number of amides is 1. The summed E-state index contributed by atoms with van der Waals surface area (Å²) in [5.41, 5.74) is 1.22. The lowest BCUT2D eigenvalue weighted by Crippen LogP contribution is -2.42. The van der Waals surface area contributed by atoms with Crippen LogP contribution >= 0.6 is 0 Å². The van der Waals surface area contributed by atoms with Crippen molar-refractivity contribution in [3.8, 4) is 0 Å². The van der Waals surface area contributed by atoms with Gasteiger partial charge in [-0.1, -0.05) is 0 Å². The van der Waals surface area contributed by atoms with E-state index < -0.39 is 0 Å². The first-order valence-corrected chi connectivity index (χ1v) is 7.46. The molecule has 2 atom stereocenters. The lowest BCUT2D eigenvalue weighted by Gasteiger charge is -2.19. The molecule has 0 unspecified atom stereocenters. The summed E-state index contributed by atoms with van der Waals surface area (Å²) in [6, 6.07) is 4.07. The number of hydrogen-bond donors (Lipinski definition) is 1. The van der Waals surface area contributed by atoms with Crippen molar-refractivity contribution in [3.63, 3.8) is 0 Å². The van der Waals surface area contributed by atoms with Gasteiger partial charge in [-0.3, -0.25) is 9.78 Å². The van der Waals surface area contributed by atoms with Gasteiger partial charge >= 0.3 is 0 Å². The minimum absolute atomic E-state index is 0.00340. The Balaban J connectivity index is 1.57. The molecule has 2 aromatic rings. The highest BCUT2D eigenvalue weighted by Gasteiger charge is 2.29. The molecule has 116 valence electrons. The minimum Gasteiger partial charge on any atom is -0.379 e. The zero-order valence-corrected chi connectivity index (χ0v) is 12.6. The molecule has 6 heteroatoms. The predicted octanol–water partition coefficient (Wildman–Crippen LogP) is 0.960. The molecule has 1 saturated heterocycles. The number of rotatable bonds is 5. The fourth-order valence-electron chi connectivity index (χ4n) is 2.76. The van der Waals surface area contributed by atoms with E-state index in [1.165, 1.54) is 5.56 Å². The Morgan fingerprint density at radius 3 is 2.91 bits per heavy atom. The summed E-state index contributed by atoms with van der Waals surface area (Å²) in [5, 5.41) is 3.09. The Bertz CT molecular complexity index is 626. The van der Waals surface area contributed by atoms with Crippen LogP contribution in [-0.4, -0.2) is 39.7 Å². The highest BCUT2D eigenvalue weighted by Crippen LogP contribution is 2.19. The zero-order valence-electron chi connectivity index (χ0n) is 12.6. The topological polar surface area (TPSA) is 69.0 Å². The van der Waals surface area contributed by atoms with Crippen LogP contribution in [0.5, 0.6) is 0 Å². The molecule has 0 aliphatic carbocycles. The third-order valence-corrected chi connectivity index (χ3v) is 4.03. The van der Waals surface area contributed by atoms with E-state index >= 15 is 0 Å². The highest BCUT2D eigenvalue weighted by molar-refractivity contribution is 5.76. The molecule has 2 aromatic heterocycles. The Labute approximate surface area is 129 Å². The average Bonchev–Trinajstić information content (AvgIpc) is 3.10. The molecule has 22 heavy (non-hydrogen) atoms. The largest absolute Gasteiger partial charge is 0.379 e. The Morgan fingerprint density at radius 1 is 1.36 bits per heavy atom. The van der Waals surface area contributed by atoms with E-state index in [1.54, 1.807) is 18.6 Å². The number of aryl methyl sites for hydroxylation is 1. The lowest BCUT2D eigenvalue weighted by atomic mass is 9.95. The van der Waals surface area contributed by atoms with E-state index in [0.717, 1.165) is 12.2 Å². The van der Waals surface area contributed by atoms with Crippen molar-refractivity contribution in [2.75, 3.05) is 13.2 Å². The molecule has 0 saturated carbocycles. The van der Waals surface area contributed by atoms with Crippen molar-refractivity contribution in [1.82, 2.24) is 19.9 Å². The van der Waals surface area contributed by atoms with E-state index in [1.807, 2.05) is 29.8 Å². The van der Waals surface area contributed by atoms with E-state index in [0.29, 0.717) is 25.7 Å². The standard InChI is InChI=1S/C16H20N4O2/c1-12-18-6-7-20(12)9-16(21)19-15-11-22-10-14(15)8-13-2-4-17-5-3-13/h2-7,14-15H,8-11H2,1H3,(H,19,21)/t14-,15+/m1/s1. The maximum atomic E-state index is 12.2. The predicted molar refractivity (Wildman–Crippen MR) is 81.1 cm³/mol. The van der Waals surface area contributed by atoms with Crippen molar-refractivity contribution in [3.05, 3.63) is 48.3 Å². The van der Waals surface area contributed by atoms with Gasteiger partial charge in [0.05, 0.1) is 19.3 Å². The van der Waals surface area contributed by atoms with Crippen LogP contribution in [0.3, 0.4) is 0 Å². The smallest absolute Gasteiger partial charge is 0.240 e. The van der Waals surface area contributed by atoms with E-state index in [4.69, 9.17) is 4.74 Å². The first-order valence-electron chi connectivity index (χ1n) is 7.46. The maximum Gasteiger partial charge on any atom is 0.240 e. The molecule has 0 spiro atoms. The molecular weight excluding hydrogens is 280 g/mol. The van der Waals surface area contributed by atoms with Gasteiger partial charge in [0.25, 0.3) is 0 Å². The van der Waals surface area contributed by atoms with Gasteiger partial charge in [0.15, 0.2) is 0 Å². The molecule has 0 radical (unpaired) electrons. The number of nitrogens with one attached hydrogen (secondary N) is 1. The van der Waals surface area contributed by atoms with Gasteiger partial charge < -0.3 is 14.6 Å². The molecule has 1 aliphatic rings. The highest BCUT2D eigenvalue weighted by atomic mass is 16.5. The van der Waals surface area contributed by atoms with Crippen LogP contribution in [0.2, 0.25) is 0 Å². The van der Waals surface area contributed by atoms with E-state index in [9.17, 15) is 4.79 Å². The molecule has 0 aromatic carbocycles. The molecule has 3 rings (SSSR count). The first kappa shape index (κ1) is 14.7. The fourth-order valence-corrected chi connectivity index (χ4v) is 2.76. The van der Waals surface area contributed by atoms with Crippen LogP contribution < -0.4 is 5.32 Å². The van der Waals surface area contributed by atoms with Gasteiger partial charge in [-0.15, -0.1) is 0 Å². The molecular formula is C16H20N4O2. The summed E-state index contributed by atoms with van der Waals surface area (Å²) >= 11 is 0. The third-order valence-electron chi connectivity index (χ3n) is 4.03. The van der Waals surface area contributed by atoms with Crippen LogP contribution in [0.15, 0.2) is 36.9 Å². The SMILES string of the molecule is Cc1nccn1CC(=O)N[C@H]1COC[C@H]1Cc1ccncc1. The van der Waals surface area contributed by atoms with E-state index in [2.05, 4.69) is 15.3 Å². The molecule has 0 bridgehead atoms. The van der Waals surface area contributed by atoms with Gasteiger partial charge in [0.2, 0.25) is 5.91 Å². The number of nitrogens with zero attached hydrogens (tertiary/aromatic N) is 3. The number of aromatic nitrogens is 3. The van der Waals surface area contributed by atoms with Gasteiger partial charge in [0.1, 0.15) is 12.4 Å². The summed E-state index contributed by atoms with van der Waals surface area (Å²) in [6.07, 6.45) is 7.99. The zero-order chi connectivity index (χ0) is 15.4. The number of pyridine rings is 1. The summed E-state index contributed by atoms with van der Waals surface area (Å²) < 4.78 is 7.39. The van der Waals surface area contributed by atoms with Gasteiger partial charge in [-0.05, 0) is 31.0 Å². The van der Waals surface area contributed by atoms with Gasteiger partial charge in [0, 0.05) is 30.7 Å². The van der Waals surface area contributed by atoms with Crippen LogP contribution in [0, 0.1) is 12.8 Å². The number of imidazole rings is 1. The molecule has 3 heterocycles. The molecule has 1 N–H and O–H groups in total. The van der Waals surface area contributed by atoms with Crippen molar-refractivity contribution < 1.29 is 9.53 Å². The van der Waals surface area contributed by atoms with Crippen molar-refractivity contribution in [2.24, 2.45) is 5.92 Å². The summed E-state index contributed by atoms with van der Waals surface area (Å²) in [4.78, 5) is 20.3. The second kappa shape index (κ2) is 6.70. The number of carbonyl (C=O) groups excluding carboxylic acids is 1. The fraction of sp³-hybridized carbons (Fsp3) is 0.438. The normalized spacial score (nSPS) is 21.0. The number of hydrogen-bond acceptors (Lipinski definition) is 4. The van der Waals surface area contributed by atoms with Gasteiger partial charge in [-0.25, -0.2) is 4.98 Å². The number of carbonyl (C=O) groups is 1. The second-order valence-electron chi connectivity index (χ2n) is 5.63. The maximum absolute atomic E-state index is 12.2. The summed E-state index contributed by atoms with van der Waals surface area (Å²) in [6.45, 7) is 3.43. The van der Waals surface area contributed by atoms with Crippen LogP contribution in [-0.2, 0) is 22.5 Å². The minimum atomic E-state index is -0.00340. The lowest BCUT2D eigenvalue weighted by molar-refractivity contribution is -0.122. The van der Waals surface area contributed by atoms with Crippen LogP contribution in [0.1, 0.15) is 11.4 Å². The number of ether oxygens (including phenoxy) is 1. The Morgan fingerprint density at radius 2 is 2.18 bits per heavy atom. The van der Waals surface area contributed by atoms with Crippen molar-refractivity contribution >= 4 is 5.91 Å². The van der Waals surface area contributed by atoms with E-state index in [-0.39, 0.29) is 11.9 Å². The molecule has 1 aliphatic heterocycles. The summed E-state index contributed by atoms with van der Waals surface area (Å²) in [7, 11) is 0. The van der Waals surface area contributed by atoms with Gasteiger partial charge in [-0.2, -0.15) is 0 Å². The Kier molecular flexibility index (Phi) is 4.48. The Hall–Kier alpha value is -2.21. The summed E-state index contributed by atoms with van der Waals surface area (Å²) in [5.74, 6) is 1.14. The molecule has 1 amide bonds. The first-order chi connectivity index (χ1) is 10.7. The molecule has 1 fully saturated rings. The molecule has 6 nitrogen and oxygen atoms in total.